The lowest BCUT2D eigenvalue weighted by atomic mass is 9.86. The highest BCUT2D eigenvalue weighted by Gasteiger charge is 2.22. The smallest absolute Gasteiger partial charge is 0.230 e. The van der Waals surface area contributed by atoms with E-state index in [1.165, 1.54) is 42.4 Å². The maximum Gasteiger partial charge on any atom is 0.230 e. The van der Waals surface area contributed by atoms with Crippen LogP contribution in [0.1, 0.15) is 32.6 Å². The van der Waals surface area contributed by atoms with Crippen molar-refractivity contribution in [3.8, 4) is 0 Å². The zero-order valence-electron chi connectivity index (χ0n) is 12.3. The van der Waals surface area contributed by atoms with Gasteiger partial charge >= 0.3 is 0 Å². The SMILES string of the molecule is C=CCNc1nnc(SCC(=O)NC2CCCCC2C)s1. The second-order valence-corrected chi connectivity index (χ2v) is 7.47. The average molecular weight is 326 g/mol. The minimum Gasteiger partial charge on any atom is -0.357 e. The normalized spacial score (nSPS) is 21.8. The van der Waals surface area contributed by atoms with Gasteiger partial charge < -0.3 is 10.6 Å². The molecule has 0 spiro atoms. The molecule has 1 aliphatic carbocycles. The van der Waals surface area contributed by atoms with E-state index in [0.717, 1.165) is 15.9 Å². The minimum absolute atomic E-state index is 0.0922. The van der Waals surface area contributed by atoms with Crippen molar-refractivity contribution in [1.29, 1.82) is 0 Å². The summed E-state index contributed by atoms with van der Waals surface area (Å²) in [7, 11) is 0. The van der Waals surface area contributed by atoms with E-state index in [0.29, 0.717) is 24.3 Å². The monoisotopic (exact) mass is 326 g/mol. The van der Waals surface area contributed by atoms with E-state index >= 15 is 0 Å². The van der Waals surface area contributed by atoms with Gasteiger partial charge in [0.2, 0.25) is 11.0 Å². The van der Waals surface area contributed by atoms with Crippen molar-refractivity contribution in [3.05, 3.63) is 12.7 Å². The lowest BCUT2D eigenvalue weighted by molar-refractivity contribution is -0.119. The molecule has 1 aliphatic rings. The van der Waals surface area contributed by atoms with Gasteiger partial charge in [-0.1, -0.05) is 48.9 Å². The highest BCUT2D eigenvalue weighted by atomic mass is 32.2. The van der Waals surface area contributed by atoms with Gasteiger partial charge in [0.05, 0.1) is 5.75 Å². The zero-order chi connectivity index (χ0) is 15.1. The molecule has 1 heterocycles. The lowest BCUT2D eigenvalue weighted by Gasteiger charge is -2.29. The Hall–Kier alpha value is -1.08. The van der Waals surface area contributed by atoms with Crippen LogP contribution in [0.25, 0.3) is 0 Å². The molecule has 2 rings (SSSR count). The molecule has 116 valence electrons. The number of carbonyl (C=O) groups is 1. The number of rotatable bonds is 7. The van der Waals surface area contributed by atoms with Crippen LogP contribution in [-0.2, 0) is 4.79 Å². The molecule has 1 fully saturated rings. The summed E-state index contributed by atoms with van der Waals surface area (Å²) in [6.07, 6.45) is 6.59. The number of anilines is 1. The van der Waals surface area contributed by atoms with Crippen LogP contribution in [0.15, 0.2) is 17.0 Å². The number of amides is 1. The minimum atomic E-state index is 0.0922. The Labute approximate surface area is 134 Å². The molecule has 1 aromatic rings. The van der Waals surface area contributed by atoms with Gasteiger partial charge in [0, 0.05) is 12.6 Å². The molecule has 2 N–H and O–H groups in total. The average Bonchev–Trinajstić information content (AvgIpc) is 2.93. The summed E-state index contributed by atoms with van der Waals surface area (Å²) in [5.41, 5.74) is 0. The van der Waals surface area contributed by atoms with E-state index < -0.39 is 0 Å². The number of hydrogen-bond acceptors (Lipinski definition) is 6. The highest BCUT2D eigenvalue weighted by Crippen LogP contribution is 2.26. The molecule has 0 bridgehead atoms. The number of carbonyl (C=O) groups excluding carboxylic acids is 1. The standard InChI is InChI=1S/C14H22N4OS2/c1-3-8-15-13-17-18-14(21-13)20-9-12(19)16-11-7-5-4-6-10(11)2/h3,10-11H,1,4-9H2,2H3,(H,15,17)(H,16,19). The summed E-state index contributed by atoms with van der Waals surface area (Å²) < 4.78 is 0.813. The number of thioether (sulfide) groups is 1. The Kier molecular flexibility index (Phi) is 6.50. The molecule has 0 radical (unpaired) electrons. The van der Waals surface area contributed by atoms with Crippen molar-refractivity contribution in [1.82, 2.24) is 15.5 Å². The van der Waals surface area contributed by atoms with Crippen molar-refractivity contribution >= 4 is 34.1 Å². The Morgan fingerprint density at radius 3 is 3.05 bits per heavy atom. The molecule has 1 saturated carbocycles. The van der Waals surface area contributed by atoms with Crippen LogP contribution in [0.2, 0.25) is 0 Å². The molecular weight excluding hydrogens is 304 g/mol. The maximum absolute atomic E-state index is 12.0. The predicted octanol–water partition coefficient (Wildman–Crippen LogP) is 2.92. The van der Waals surface area contributed by atoms with Crippen LogP contribution >= 0.6 is 23.1 Å². The van der Waals surface area contributed by atoms with E-state index in [9.17, 15) is 4.79 Å². The van der Waals surface area contributed by atoms with Gasteiger partial charge in [-0.25, -0.2) is 0 Å². The third-order valence-corrected chi connectivity index (χ3v) is 5.60. The van der Waals surface area contributed by atoms with Crippen LogP contribution in [-0.4, -0.2) is 34.4 Å². The molecule has 2 atom stereocenters. The van der Waals surface area contributed by atoms with Crippen LogP contribution in [0.3, 0.4) is 0 Å². The van der Waals surface area contributed by atoms with E-state index in [1.54, 1.807) is 6.08 Å². The number of nitrogens with one attached hydrogen (secondary N) is 2. The molecule has 0 aromatic carbocycles. The molecule has 0 aliphatic heterocycles. The largest absolute Gasteiger partial charge is 0.357 e. The van der Waals surface area contributed by atoms with Gasteiger partial charge in [-0.05, 0) is 18.8 Å². The number of hydrogen-bond donors (Lipinski definition) is 2. The highest BCUT2D eigenvalue weighted by molar-refractivity contribution is 8.01. The fourth-order valence-electron chi connectivity index (χ4n) is 2.41. The molecule has 7 heteroatoms. The van der Waals surface area contributed by atoms with Gasteiger partial charge in [0.25, 0.3) is 0 Å². The van der Waals surface area contributed by atoms with Crippen molar-refractivity contribution in [2.45, 2.75) is 43.0 Å². The Bertz CT molecular complexity index is 477. The van der Waals surface area contributed by atoms with Gasteiger partial charge in [-0.2, -0.15) is 0 Å². The molecule has 5 nitrogen and oxygen atoms in total. The first-order valence-corrected chi connectivity index (χ1v) is 9.09. The predicted molar refractivity (Wildman–Crippen MR) is 88.9 cm³/mol. The van der Waals surface area contributed by atoms with E-state index in [1.807, 2.05) is 0 Å². The summed E-state index contributed by atoms with van der Waals surface area (Å²) in [6, 6.07) is 0.339. The number of nitrogens with zero attached hydrogens (tertiary/aromatic N) is 2. The van der Waals surface area contributed by atoms with Gasteiger partial charge in [0.15, 0.2) is 4.34 Å². The topological polar surface area (TPSA) is 66.9 Å². The first kappa shape index (κ1) is 16.3. The zero-order valence-corrected chi connectivity index (χ0v) is 13.9. The Balaban J connectivity index is 1.73. The van der Waals surface area contributed by atoms with Crippen LogP contribution in [0, 0.1) is 5.92 Å². The van der Waals surface area contributed by atoms with E-state index in [4.69, 9.17) is 0 Å². The summed E-state index contributed by atoms with van der Waals surface area (Å²) >= 11 is 2.90. The quantitative estimate of drug-likeness (QED) is 0.596. The van der Waals surface area contributed by atoms with Crippen LogP contribution < -0.4 is 10.6 Å². The molecular formula is C14H22N4OS2. The van der Waals surface area contributed by atoms with Crippen molar-refractivity contribution < 1.29 is 4.79 Å². The van der Waals surface area contributed by atoms with Crippen molar-refractivity contribution in [3.63, 3.8) is 0 Å². The van der Waals surface area contributed by atoms with E-state index in [2.05, 4.69) is 34.3 Å². The molecule has 2 unspecified atom stereocenters. The third kappa shape index (κ3) is 5.32. The lowest BCUT2D eigenvalue weighted by Crippen LogP contribution is -2.41. The number of aromatic nitrogens is 2. The Morgan fingerprint density at radius 2 is 2.29 bits per heavy atom. The van der Waals surface area contributed by atoms with Gasteiger partial charge in [-0.15, -0.1) is 16.8 Å². The first-order valence-electron chi connectivity index (χ1n) is 7.29. The first-order chi connectivity index (χ1) is 10.2. The summed E-state index contributed by atoms with van der Waals surface area (Å²) in [5.74, 6) is 1.08. The summed E-state index contributed by atoms with van der Waals surface area (Å²) in [6.45, 7) is 6.53. The molecule has 21 heavy (non-hydrogen) atoms. The van der Waals surface area contributed by atoms with Gasteiger partial charge in [0.1, 0.15) is 0 Å². The second kappa shape index (κ2) is 8.38. The molecule has 1 amide bonds. The molecule has 1 aromatic heterocycles. The van der Waals surface area contributed by atoms with Crippen LogP contribution in [0.4, 0.5) is 5.13 Å². The summed E-state index contributed by atoms with van der Waals surface area (Å²) in [4.78, 5) is 12.0. The van der Waals surface area contributed by atoms with Crippen molar-refractivity contribution in [2.75, 3.05) is 17.6 Å². The second-order valence-electron chi connectivity index (χ2n) is 5.27. The van der Waals surface area contributed by atoms with Crippen molar-refractivity contribution in [2.24, 2.45) is 5.92 Å². The maximum atomic E-state index is 12.0. The Morgan fingerprint density at radius 1 is 1.48 bits per heavy atom. The van der Waals surface area contributed by atoms with Crippen LogP contribution in [0.5, 0.6) is 0 Å². The fourth-order valence-corrected chi connectivity index (χ4v) is 3.98. The summed E-state index contributed by atoms with van der Waals surface area (Å²) in [5, 5.41) is 15.1. The fraction of sp³-hybridized carbons (Fsp3) is 0.643. The van der Waals surface area contributed by atoms with E-state index in [-0.39, 0.29) is 5.91 Å². The van der Waals surface area contributed by atoms with Gasteiger partial charge in [-0.3, -0.25) is 4.79 Å². The molecule has 0 saturated heterocycles. The third-order valence-electron chi connectivity index (χ3n) is 3.59.